The lowest BCUT2D eigenvalue weighted by atomic mass is 10.1. The Hall–Kier alpha value is -2.32. The lowest BCUT2D eigenvalue weighted by molar-refractivity contribution is -0.113. The molecule has 1 aromatic carbocycles. The van der Waals surface area contributed by atoms with Gasteiger partial charge in [-0.15, -0.1) is 21.5 Å². The minimum absolute atomic E-state index is 0.0938. The summed E-state index contributed by atoms with van der Waals surface area (Å²) >= 11 is 3.14. The molecule has 0 saturated carbocycles. The van der Waals surface area contributed by atoms with Gasteiger partial charge in [-0.2, -0.15) is 0 Å². The first kappa shape index (κ1) is 21.4. The second-order valence-electron chi connectivity index (χ2n) is 6.88. The summed E-state index contributed by atoms with van der Waals surface area (Å²) in [7, 11) is 1.60. The van der Waals surface area contributed by atoms with Crippen LogP contribution < -0.4 is 10.1 Å². The van der Waals surface area contributed by atoms with E-state index in [-0.39, 0.29) is 17.7 Å². The van der Waals surface area contributed by atoms with E-state index >= 15 is 0 Å². The standard InChI is InChI=1S/C21H26N4O2S2/c1-6-17-14(4)28-11-18(17)20-23-24-21(25(20)13(2)3)29-12-19(26)22-15-8-7-9-16(10-15)27-5/h7-11,13H,6,12H2,1-5H3,(H,22,26). The van der Waals surface area contributed by atoms with Gasteiger partial charge in [0.2, 0.25) is 5.91 Å². The molecule has 2 heterocycles. The number of methoxy groups -OCH3 is 1. The van der Waals surface area contributed by atoms with Crippen LogP contribution in [0.2, 0.25) is 0 Å². The number of rotatable bonds is 8. The zero-order chi connectivity index (χ0) is 21.0. The van der Waals surface area contributed by atoms with Crippen molar-refractivity contribution in [3.05, 3.63) is 40.1 Å². The fourth-order valence-electron chi connectivity index (χ4n) is 3.16. The van der Waals surface area contributed by atoms with Crippen molar-refractivity contribution in [2.75, 3.05) is 18.2 Å². The monoisotopic (exact) mass is 430 g/mol. The van der Waals surface area contributed by atoms with Gasteiger partial charge in [-0.1, -0.05) is 24.8 Å². The van der Waals surface area contributed by atoms with Crippen LogP contribution in [0, 0.1) is 6.92 Å². The van der Waals surface area contributed by atoms with Crippen LogP contribution in [0.15, 0.2) is 34.8 Å². The molecule has 154 valence electrons. The zero-order valence-electron chi connectivity index (χ0n) is 17.4. The molecule has 0 aliphatic carbocycles. The first-order chi connectivity index (χ1) is 13.9. The Kier molecular flexibility index (Phi) is 6.97. The third-order valence-corrected chi connectivity index (χ3v) is 6.46. The summed E-state index contributed by atoms with van der Waals surface area (Å²) in [4.78, 5) is 13.7. The van der Waals surface area contributed by atoms with Crippen LogP contribution >= 0.6 is 23.1 Å². The van der Waals surface area contributed by atoms with Crippen molar-refractivity contribution < 1.29 is 9.53 Å². The summed E-state index contributed by atoms with van der Waals surface area (Å²) in [5.41, 5.74) is 3.17. The lowest BCUT2D eigenvalue weighted by Crippen LogP contribution is -2.15. The SMILES string of the molecule is CCc1c(-c2nnc(SCC(=O)Nc3cccc(OC)c3)n2C(C)C)csc1C. The fraction of sp³-hybridized carbons (Fsp3) is 0.381. The van der Waals surface area contributed by atoms with Gasteiger partial charge >= 0.3 is 0 Å². The molecule has 0 radical (unpaired) electrons. The quantitative estimate of drug-likeness (QED) is 0.498. The Balaban J connectivity index is 1.76. The van der Waals surface area contributed by atoms with Crippen molar-refractivity contribution in [2.24, 2.45) is 0 Å². The van der Waals surface area contributed by atoms with E-state index in [4.69, 9.17) is 4.74 Å². The van der Waals surface area contributed by atoms with Crippen LogP contribution in [0.1, 0.15) is 37.3 Å². The van der Waals surface area contributed by atoms with Crippen molar-refractivity contribution in [1.29, 1.82) is 0 Å². The number of aryl methyl sites for hydroxylation is 1. The third-order valence-electron chi connectivity index (χ3n) is 4.56. The minimum Gasteiger partial charge on any atom is -0.497 e. The molecule has 6 nitrogen and oxygen atoms in total. The molecule has 0 saturated heterocycles. The number of thiophene rings is 1. The highest BCUT2D eigenvalue weighted by molar-refractivity contribution is 7.99. The molecule has 3 aromatic rings. The second-order valence-corrected chi connectivity index (χ2v) is 8.90. The van der Waals surface area contributed by atoms with Crippen LogP contribution in [0.25, 0.3) is 11.4 Å². The predicted octanol–water partition coefficient (Wildman–Crippen LogP) is 5.20. The van der Waals surface area contributed by atoms with Crippen molar-refractivity contribution in [3.8, 4) is 17.1 Å². The molecule has 0 bridgehead atoms. The number of hydrogen-bond acceptors (Lipinski definition) is 6. The number of hydrogen-bond donors (Lipinski definition) is 1. The summed E-state index contributed by atoms with van der Waals surface area (Å²) < 4.78 is 7.31. The van der Waals surface area contributed by atoms with Gasteiger partial charge < -0.3 is 10.1 Å². The summed E-state index contributed by atoms with van der Waals surface area (Å²) in [6, 6.07) is 7.51. The molecule has 0 fully saturated rings. The van der Waals surface area contributed by atoms with Gasteiger partial charge in [0.1, 0.15) is 5.75 Å². The van der Waals surface area contributed by atoms with Gasteiger partial charge in [0.25, 0.3) is 0 Å². The van der Waals surface area contributed by atoms with E-state index in [2.05, 4.69) is 53.2 Å². The van der Waals surface area contributed by atoms with Gasteiger partial charge in [-0.05, 0) is 44.9 Å². The molecule has 0 spiro atoms. The highest BCUT2D eigenvalue weighted by Crippen LogP contribution is 2.34. The third kappa shape index (κ3) is 4.82. The van der Waals surface area contributed by atoms with Crippen molar-refractivity contribution in [2.45, 2.75) is 45.3 Å². The number of ether oxygens (including phenoxy) is 1. The Morgan fingerprint density at radius 2 is 2.14 bits per heavy atom. The number of nitrogens with zero attached hydrogens (tertiary/aromatic N) is 3. The van der Waals surface area contributed by atoms with E-state index in [1.165, 1.54) is 22.2 Å². The van der Waals surface area contributed by atoms with E-state index in [1.807, 2.05) is 18.2 Å². The van der Waals surface area contributed by atoms with Gasteiger partial charge in [0.15, 0.2) is 11.0 Å². The molecule has 2 aromatic heterocycles. The van der Waals surface area contributed by atoms with Crippen LogP contribution in [0.3, 0.4) is 0 Å². The van der Waals surface area contributed by atoms with Crippen molar-refractivity contribution in [1.82, 2.24) is 14.8 Å². The topological polar surface area (TPSA) is 69.0 Å². The Morgan fingerprint density at radius 1 is 1.34 bits per heavy atom. The second kappa shape index (κ2) is 9.45. The summed E-state index contributed by atoms with van der Waals surface area (Å²) in [6.07, 6.45) is 0.959. The fourth-order valence-corrected chi connectivity index (χ4v) is 4.97. The van der Waals surface area contributed by atoms with Gasteiger partial charge in [-0.3, -0.25) is 9.36 Å². The maximum Gasteiger partial charge on any atom is 0.234 e. The molecular formula is C21H26N4O2S2. The Morgan fingerprint density at radius 3 is 2.83 bits per heavy atom. The van der Waals surface area contributed by atoms with Crippen molar-refractivity contribution >= 4 is 34.7 Å². The molecular weight excluding hydrogens is 404 g/mol. The normalized spacial score (nSPS) is 11.1. The van der Waals surface area contributed by atoms with Crippen LogP contribution in [-0.2, 0) is 11.2 Å². The first-order valence-corrected chi connectivity index (χ1v) is 11.4. The average molecular weight is 431 g/mol. The molecule has 0 unspecified atom stereocenters. The molecule has 0 aliphatic rings. The van der Waals surface area contributed by atoms with E-state index < -0.39 is 0 Å². The van der Waals surface area contributed by atoms with Crippen molar-refractivity contribution in [3.63, 3.8) is 0 Å². The average Bonchev–Trinajstić information content (AvgIpc) is 3.29. The number of anilines is 1. The number of nitrogens with one attached hydrogen (secondary N) is 1. The molecule has 1 N–H and O–H groups in total. The Bertz CT molecular complexity index is 994. The number of carbonyl (C=O) groups is 1. The smallest absolute Gasteiger partial charge is 0.234 e. The zero-order valence-corrected chi connectivity index (χ0v) is 19.0. The van der Waals surface area contributed by atoms with E-state index in [0.29, 0.717) is 11.4 Å². The van der Waals surface area contributed by atoms with Crippen LogP contribution in [0.4, 0.5) is 5.69 Å². The van der Waals surface area contributed by atoms with E-state index in [9.17, 15) is 4.79 Å². The lowest BCUT2D eigenvalue weighted by Gasteiger charge is -2.14. The summed E-state index contributed by atoms with van der Waals surface area (Å²) in [6.45, 7) is 8.52. The summed E-state index contributed by atoms with van der Waals surface area (Å²) in [5.74, 6) is 1.74. The Labute approximate surface area is 179 Å². The molecule has 0 aliphatic heterocycles. The van der Waals surface area contributed by atoms with E-state index in [0.717, 1.165) is 23.0 Å². The highest BCUT2D eigenvalue weighted by Gasteiger charge is 2.21. The molecule has 0 atom stereocenters. The maximum atomic E-state index is 12.4. The molecule has 3 rings (SSSR count). The van der Waals surface area contributed by atoms with Gasteiger partial charge in [0, 0.05) is 33.6 Å². The molecule has 29 heavy (non-hydrogen) atoms. The minimum atomic E-state index is -0.0938. The predicted molar refractivity (Wildman–Crippen MR) is 120 cm³/mol. The first-order valence-electron chi connectivity index (χ1n) is 9.53. The number of amides is 1. The summed E-state index contributed by atoms with van der Waals surface area (Å²) in [5, 5.41) is 14.7. The molecule has 8 heteroatoms. The number of thioether (sulfide) groups is 1. The number of aromatic nitrogens is 3. The van der Waals surface area contributed by atoms with Gasteiger partial charge in [0.05, 0.1) is 12.9 Å². The maximum absolute atomic E-state index is 12.4. The molecule has 1 amide bonds. The number of benzene rings is 1. The van der Waals surface area contributed by atoms with E-state index in [1.54, 1.807) is 24.5 Å². The van der Waals surface area contributed by atoms with Crippen LogP contribution in [-0.4, -0.2) is 33.5 Å². The largest absolute Gasteiger partial charge is 0.497 e. The number of carbonyl (C=O) groups excluding carboxylic acids is 1. The van der Waals surface area contributed by atoms with Gasteiger partial charge in [-0.25, -0.2) is 0 Å². The highest BCUT2D eigenvalue weighted by atomic mass is 32.2. The van der Waals surface area contributed by atoms with Crippen LogP contribution in [0.5, 0.6) is 5.75 Å².